The van der Waals surface area contributed by atoms with Gasteiger partial charge in [0.05, 0.1) is 19.3 Å². The van der Waals surface area contributed by atoms with Crippen LogP contribution in [0.2, 0.25) is 5.02 Å². The Morgan fingerprint density at radius 3 is 2.48 bits per heavy atom. The summed E-state index contributed by atoms with van der Waals surface area (Å²) in [6, 6.07) is 7.60. The average Bonchev–Trinajstić information content (AvgIpc) is 2.39. The third kappa shape index (κ3) is 5.95. The van der Waals surface area contributed by atoms with E-state index >= 15 is 0 Å². The number of hydrogen-bond acceptors (Lipinski definition) is 3. The number of benzene rings is 1. The van der Waals surface area contributed by atoms with Gasteiger partial charge in [-0.05, 0) is 36.0 Å². The molecule has 0 aliphatic carbocycles. The minimum absolute atomic E-state index is 0.377. The van der Waals surface area contributed by atoms with Crippen molar-refractivity contribution in [2.24, 2.45) is 11.8 Å². The largest absolute Gasteiger partial charge is 0.389 e. The highest BCUT2D eigenvalue weighted by Gasteiger charge is 2.23. The number of piperidine rings is 1. The predicted molar refractivity (Wildman–Crippen MR) is 86.5 cm³/mol. The molecule has 1 fully saturated rings. The van der Waals surface area contributed by atoms with Crippen molar-refractivity contribution in [2.75, 3.05) is 26.2 Å². The van der Waals surface area contributed by atoms with Crippen LogP contribution in [0.3, 0.4) is 0 Å². The SMILES string of the molecule is C[C@H]1C[C@H](C)CN(C[C@H](O)COCc2ccc(Cl)cc2)C1. The molecule has 3 atom stereocenters. The molecule has 0 bridgehead atoms. The van der Waals surface area contributed by atoms with Gasteiger partial charge in [0.1, 0.15) is 0 Å². The molecule has 1 aliphatic rings. The van der Waals surface area contributed by atoms with E-state index in [2.05, 4.69) is 18.7 Å². The Hall–Kier alpha value is -0.610. The summed E-state index contributed by atoms with van der Waals surface area (Å²) in [5.41, 5.74) is 1.08. The molecule has 0 amide bonds. The van der Waals surface area contributed by atoms with Crippen LogP contribution in [0.1, 0.15) is 25.8 Å². The van der Waals surface area contributed by atoms with E-state index in [4.69, 9.17) is 16.3 Å². The summed E-state index contributed by atoms with van der Waals surface area (Å²) in [6.07, 6.45) is 0.870. The second-order valence-corrected chi connectivity index (χ2v) is 6.90. The van der Waals surface area contributed by atoms with Crippen LogP contribution >= 0.6 is 11.6 Å². The maximum Gasteiger partial charge on any atom is 0.0900 e. The number of aliphatic hydroxyl groups is 1. The van der Waals surface area contributed by atoms with Crippen molar-refractivity contribution in [1.82, 2.24) is 4.90 Å². The van der Waals surface area contributed by atoms with Crippen molar-refractivity contribution in [1.29, 1.82) is 0 Å². The second kappa shape index (κ2) is 8.14. The van der Waals surface area contributed by atoms with Crippen LogP contribution in [-0.4, -0.2) is 42.4 Å². The monoisotopic (exact) mass is 311 g/mol. The molecule has 3 nitrogen and oxygen atoms in total. The van der Waals surface area contributed by atoms with Crippen LogP contribution in [0.15, 0.2) is 24.3 Å². The highest BCUT2D eigenvalue weighted by molar-refractivity contribution is 6.30. The molecule has 4 heteroatoms. The van der Waals surface area contributed by atoms with E-state index in [-0.39, 0.29) is 0 Å². The van der Waals surface area contributed by atoms with Crippen molar-refractivity contribution in [3.8, 4) is 0 Å². The van der Waals surface area contributed by atoms with E-state index in [1.165, 1.54) is 6.42 Å². The fourth-order valence-corrected chi connectivity index (χ4v) is 3.31. The molecule has 1 saturated heterocycles. The quantitative estimate of drug-likeness (QED) is 0.875. The summed E-state index contributed by atoms with van der Waals surface area (Å²) in [7, 11) is 0. The van der Waals surface area contributed by atoms with Gasteiger partial charge in [-0.25, -0.2) is 0 Å². The molecule has 2 rings (SSSR count). The molecule has 0 aromatic heterocycles. The molecule has 0 saturated carbocycles. The lowest BCUT2D eigenvalue weighted by molar-refractivity contribution is -0.000893. The molecule has 118 valence electrons. The lowest BCUT2D eigenvalue weighted by Gasteiger charge is -2.35. The first-order chi connectivity index (χ1) is 10.0. The molecule has 21 heavy (non-hydrogen) atoms. The molecule has 1 aliphatic heterocycles. The molecule has 1 aromatic carbocycles. The lowest BCUT2D eigenvalue weighted by atomic mass is 9.92. The molecule has 1 heterocycles. The van der Waals surface area contributed by atoms with Crippen LogP contribution in [0, 0.1) is 11.8 Å². The van der Waals surface area contributed by atoms with E-state index in [1.807, 2.05) is 24.3 Å². The minimum atomic E-state index is -0.421. The number of hydrogen-bond donors (Lipinski definition) is 1. The smallest absolute Gasteiger partial charge is 0.0900 e. The average molecular weight is 312 g/mol. The van der Waals surface area contributed by atoms with Gasteiger partial charge in [-0.2, -0.15) is 0 Å². The number of halogens is 1. The first kappa shape index (κ1) is 16.8. The maximum atomic E-state index is 10.1. The summed E-state index contributed by atoms with van der Waals surface area (Å²) in [5.74, 6) is 1.44. The second-order valence-electron chi connectivity index (χ2n) is 6.46. The number of nitrogens with zero attached hydrogens (tertiary/aromatic N) is 1. The third-order valence-corrected chi connectivity index (χ3v) is 4.16. The fourth-order valence-electron chi connectivity index (χ4n) is 3.19. The Bertz CT molecular complexity index is 413. The highest BCUT2D eigenvalue weighted by Crippen LogP contribution is 2.21. The Kier molecular flexibility index (Phi) is 6.49. The summed E-state index contributed by atoms with van der Waals surface area (Å²) in [6.45, 7) is 8.33. The number of likely N-dealkylation sites (tertiary alicyclic amines) is 1. The zero-order chi connectivity index (χ0) is 15.2. The Morgan fingerprint density at radius 2 is 1.86 bits per heavy atom. The Morgan fingerprint density at radius 1 is 1.24 bits per heavy atom. The molecule has 0 unspecified atom stereocenters. The van der Waals surface area contributed by atoms with Crippen LogP contribution in [0.5, 0.6) is 0 Å². The van der Waals surface area contributed by atoms with Gasteiger partial charge in [0.2, 0.25) is 0 Å². The van der Waals surface area contributed by atoms with Crippen molar-refractivity contribution >= 4 is 11.6 Å². The van der Waals surface area contributed by atoms with E-state index in [9.17, 15) is 5.11 Å². The van der Waals surface area contributed by atoms with Crippen LogP contribution in [0.4, 0.5) is 0 Å². The fraction of sp³-hybridized carbons (Fsp3) is 0.647. The Balaban J connectivity index is 1.67. The molecule has 1 N–H and O–H groups in total. The van der Waals surface area contributed by atoms with Crippen molar-refractivity contribution in [3.05, 3.63) is 34.9 Å². The summed E-state index contributed by atoms with van der Waals surface area (Å²) < 4.78 is 5.60. The summed E-state index contributed by atoms with van der Waals surface area (Å²) in [5, 5.41) is 10.8. The van der Waals surface area contributed by atoms with Crippen molar-refractivity contribution in [2.45, 2.75) is 33.0 Å². The third-order valence-electron chi connectivity index (χ3n) is 3.91. The molecular formula is C17H26ClNO2. The van der Waals surface area contributed by atoms with Crippen molar-refractivity contribution < 1.29 is 9.84 Å². The van der Waals surface area contributed by atoms with Gasteiger partial charge in [0, 0.05) is 24.7 Å². The first-order valence-corrected chi connectivity index (χ1v) is 8.13. The number of rotatable bonds is 6. The standard InChI is InChI=1S/C17H26ClNO2/c1-13-7-14(2)9-19(8-13)10-17(20)12-21-11-15-3-5-16(18)6-4-15/h3-6,13-14,17,20H,7-12H2,1-2H3/t13-,14-,17-/m0/s1. The van der Waals surface area contributed by atoms with Gasteiger partial charge in [-0.3, -0.25) is 0 Å². The van der Waals surface area contributed by atoms with Gasteiger partial charge in [0.15, 0.2) is 0 Å². The topological polar surface area (TPSA) is 32.7 Å². The lowest BCUT2D eigenvalue weighted by Crippen LogP contribution is -2.43. The number of aliphatic hydroxyl groups excluding tert-OH is 1. The van der Waals surface area contributed by atoms with E-state index in [1.54, 1.807) is 0 Å². The molecule has 1 aromatic rings. The van der Waals surface area contributed by atoms with E-state index in [0.29, 0.717) is 19.8 Å². The van der Waals surface area contributed by atoms with Gasteiger partial charge >= 0.3 is 0 Å². The molecular weight excluding hydrogens is 286 g/mol. The van der Waals surface area contributed by atoms with Gasteiger partial charge < -0.3 is 14.7 Å². The van der Waals surface area contributed by atoms with Crippen LogP contribution < -0.4 is 0 Å². The van der Waals surface area contributed by atoms with Gasteiger partial charge in [-0.15, -0.1) is 0 Å². The summed E-state index contributed by atoms with van der Waals surface area (Å²) in [4.78, 5) is 2.36. The molecule has 0 spiro atoms. The predicted octanol–water partition coefficient (Wildman–Crippen LogP) is 3.20. The molecule has 0 radical (unpaired) electrons. The maximum absolute atomic E-state index is 10.1. The number of ether oxygens (including phenoxy) is 1. The number of β-amino-alcohol motifs (C(OH)–C–C–N with tert-alkyl or cyclic N) is 1. The highest BCUT2D eigenvalue weighted by atomic mass is 35.5. The van der Waals surface area contributed by atoms with Gasteiger partial charge in [-0.1, -0.05) is 37.6 Å². The van der Waals surface area contributed by atoms with Crippen molar-refractivity contribution in [3.63, 3.8) is 0 Å². The van der Waals surface area contributed by atoms with Gasteiger partial charge in [0.25, 0.3) is 0 Å². The normalized spacial score (nSPS) is 25.0. The van der Waals surface area contributed by atoms with Crippen LogP contribution in [0.25, 0.3) is 0 Å². The van der Waals surface area contributed by atoms with Crippen LogP contribution in [-0.2, 0) is 11.3 Å². The van der Waals surface area contributed by atoms with E-state index in [0.717, 1.165) is 35.5 Å². The Labute approximate surface area is 132 Å². The minimum Gasteiger partial charge on any atom is -0.389 e. The van der Waals surface area contributed by atoms with E-state index < -0.39 is 6.10 Å². The first-order valence-electron chi connectivity index (χ1n) is 7.75. The zero-order valence-electron chi connectivity index (χ0n) is 13.0. The zero-order valence-corrected chi connectivity index (χ0v) is 13.7. The summed E-state index contributed by atoms with van der Waals surface area (Å²) >= 11 is 5.84.